The average Bonchev–Trinajstić information content (AvgIpc) is 3.16. The lowest BCUT2D eigenvalue weighted by Gasteiger charge is -2.16. The van der Waals surface area contributed by atoms with Crippen molar-refractivity contribution < 1.29 is 0 Å². The third-order valence-corrected chi connectivity index (χ3v) is 5.57. The van der Waals surface area contributed by atoms with Gasteiger partial charge in [-0.1, -0.05) is 38.3 Å². The number of nitrogens with zero attached hydrogens (tertiary/aromatic N) is 1. The van der Waals surface area contributed by atoms with Crippen molar-refractivity contribution in [2.75, 3.05) is 17.2 Å². The van der Waals surface area contributed by atoms with E-state index in [1.54, 1.807) is 0 Å². The molecular formula is C25H33N3. The highest BCUT2D eigenvalue weighted by molar-refractivity contribution is 5.84. The minimum atomic E-state index is 0.875. The Kier molecular flexibility index (Phi) is 6.91. The molecular weight excluding hydrogens is 342 g/mol. The molecule has 1 aliphatic rings. The third kappa shape index (κ3) is 5.25. The maximum Gasteiger partial charge on any atom is 0.0723 e. The topological polar surface area (TPSA) is 36.4 Å². The number of nitrogens with one attached hydrogen (secondary N) is 2. The Balaban J connectivity index is 1.61. The zero-order valence-corrected chi connectivity index (χ0v) is 17.5. The highest BCUT2D eigenvalue weighted by atomic mass is 14.9. The average molecular weight is 376 g/mol. The van der Waals surface area contributed by atoms with Gasteiger partial charge in [-0.3, -0.25) is 4.99 Å². The zero-order chi connectivity index (χ0) is 19.9. The molecule has 3 nitrogen and oxygen atoms in total. The normalized spacial score (nSPS) is 14.5. The molecule has 0 spiro atoms. The number of benzene rings is 2. The summed E-state index contributed by atoms with van der Waals surface area (Å²) in [4.78, 5) is 4.54. The predicted molar refractivity (Wildman–Crippen MR) is 124 cm³/mol. The second-order valence-corrected chi connectivity index (χ2v) is 7.91. The SMILES string of the molecule is C=C(Nc1ccc(NCCC2CCCC2)cc1)c1c(C)cc(C)cc1N=CC. The Morgan fingerprint density at radius 3 is 2.46 bits per heavy atom. The molecule has 0 unspecified atom stereocenters. The summed E-state index contributed by atoms with van der Waals surface area (Å²) in [5, 5.41) is 7.00. The van der Waals surface area contributed by atoms with Crippen LogP contribution in [0.3, 0.4) is 0 Å². The van der Waals surface area contributed by atoms with Gasteiger partial charge in [-0.05, 0) is 74.6 Å². The Morgan fingerprint density at radius 1 is 1.11 bits per heavy atom. The number of hydrogen-bond donors (Lipinski definition) is 2. The van der Waals surface area contributed by atoms with Gasteiger partial charge >= 0.3 is 0 Å². The van der Waals surface area contributed by atoms with Crippen molar-refractivity contribution in [3.05, 3.63) is 59.7 Å². The monoisotopic (exact) mass is 375 g/mol. The first-order chi connectivity index (χ1) is 13.6. The highest BCUT2D eigenvalue weighted by Gasteiger charge is 2.14. The van der Waals surface area contributed by atoms with Gasteiger partial charge in [0, 0.05) is 35.4 Å². The molecule has 0 heterocycles. The molecule has 0 amide bonds. The predicted octanol–water partition coefficient (Wildman–Crippen LogP) is 7.10. The lowest BCUT2D eigenvalue weighted by atomic mass is 10.0. The molecule has 3 rings (SSSR count). The number of hydrogen-bond acceptors (Lipinski definition) is 3. The van der Waals surface area contributed by atoms with Gasteiger partial charge < -0.3 is 10.6 Å². The zero-order valence-electron chi connectivity index (χ0n) is 17.5. The molecule has 28 heavy (non-hydrogen) atoms. The Bertz CT molecular complexity index is 828. The van der Waals surface area contributed by atoms with E-state index in [4.69, 9.17) is 0 Å². The molecule has 1 aliphatic carbocycles. The molecule has 1 fully saturated rings. The first kappa shape index (κ1) is 20.2. The van der Waals surface area contributed by atoms with E-state index >= 15 is 0 Å². The van der Waals surface area contributed by atoms with E-state index in [1.807, 2.05) is 13.1 Å². The van der Waals surface area contributed by atoms with E-state index in [0.717, 1.165) is 35.1 Å². The smallest absolute Gasteiger partial charge is 0.0723 e. The quantitative estimate of drug-likeness (QED) is 0.483. The van der Waals surface area contributed by atoms with E-state index in [2.05, 4.69) is 72.5 Å². The highest BCUT2D eigenvalue weighted by Crippen LogP contribution is 2.31. The molecule has 2 N–H and O–H groups in total. The summed E-state index contributed by atoms with van der Waals surface area (Å²) >= 11 is 0. The van der Waals surface area contributed by atoms with Gasteiger partial charge in [-0.2, -0.15) is 0 Å². The standard InChI is InChI=1S/C25H33N3/c1-5-26-24-17-18(2)16-19(3)25(24)20(4)28-23-12-10-22(11-13-23)27-15-14-21-8-6-7-9-21/h5,10-13,16-17,21,27-28H,4,6-9,14-15H2,1-3H3. The summed E-state index contributed by atoms with van der Waals surface area (Å²) in [5.74, 6) is 0.925. The largest absolute Gasteiger partial charge is 0.385 e. The van der Waals surface area contributed by atoms with Crippen LogP contribution in [-0.4, -0.2) is 12.8 Å². The summed E-state index contributed by atoms with van der Waals surface area (Å²) < 4.78 is 0. The molecule has 0 radical (unpaired) electrons. The first-order valence-corrected chi connectivity index (χ1v) is 10.5. The molecule has 0 bridgehead atoms. The molecule has 2 aromatic rings. The van der Waals surface area contributed by atoms with Crippen LogP contribution in [0.2, 0.25) is 0 Å². The molecule has 2 aromatic carbocycles. The fraction of sp³-hybridized carbons (Fsp3) is 0.400. The molecule has 0 atom stereocenters. The van der Waals surface area contributed by atoms with Crippen molar-refractivity contribution in [2.24, 2.45) is 10.9 Å². The van der Waals surface area contributed by atoms with Crippen molar-refractivity contribution in [2.45, 2.75) is 52.9 Å². The van der Waals surface area contributed by atoms with Crippen LogP contribution >= 0.6 is 0 Å². The van der Waals surface area contributed by atoms with Crippen molar-refractivity contribution in [3.8, 4) is 0 Å². The molecule has 0 aromatic heterocycles. The van der Waals surface area contributed by atoms with Crippen LogP contribution < -0.4 is 10.6 Å². The van der Waals surface area contributed by atoms with Crippen molar-refractivity contribution in [1.82, 2.24) is 0 Å². The van der Waals surface area contributed by atoms with Crippen molar-refractivity contribution in [3.63, 3.8) is 0 Å². The number of aryl methyl sites for hydroxylation is 2. The molecule has 148 valence electrons. The van der Waals surface area contributed by atoms with E-state index in [9.17, 15) is 0 Å². The van der Waals surface area contributed by atoms with Crippen LogP contribution in [0.4, 0.5) is 17.1 Å². The molecule has 1 saturated carbocycles. The maximum absolute atomic E-state index is 4.54. The van der Waals surface area contributed by atoms with Gasteiger partial charge in [-0.15, -0.1) is 0 Å². The van der Waals surface area contributed by atoms with E-state index in [0.29, 0.717) is 0 Å². The lowest BCUT2D eigenvalue weighted by molar-refractivity contribution is 0.518. The minimum absolute atomic E-state index is 0.875. The van der Waals surface area contributed by atoms with Crippen LogP contribution in [0.15, 0.2) is 48.0 Å². The fourth-order valence-electron chi connectivity index (χ4n) is 4.21. The fourth-order valence-corrected chi connectivity index (χ4v) is 4.21. The Labute approximate surface area is 170 Å². The number of anilines is 2. The summed E-state index contributed by atoms with van der Waals surface area (Å²) in [5.41, 5.74) is 7.52. The summed E-state index contributed by atoms with van der Waals surface area (Å²) in [6.07, 6.45) is 8.77. The number of rotatable bonds is 8. The van der Waals surface area contributed by atoms with E-state index in [-0.39, 0.29) is 0 Å². The van der Waals surface area contributed by atoms with Crippen molar-refractivity contribution in [1.29, 1.82) is 0 Å². The van der Waals surface area contributed by atoms with Crippen LogP contribution in [0.25, 0.3) is 5.70 Å². The van der Waals surface area contributed by atoms with Gasteiger partial charge in [0.25, 0.3) is 0 Å². The van der Waals surface area contributed by atoms with Gasteiger partial charge in [0.1, 0.15) is 0 Å². The molecule has 0 aliphatic heterocycles. The number of aliphatic imine (C=N–C) groups is 1. The summed E-state index contributed by atoms with van der Waals surface area (Å²) in [6.45, 7) is 11.5. The van der Waals surface area contributed by atoms with Crippen LogP contribution in [0.1, 0.15) is 55.7 Å². The first-order valence-electron chi connectivity index (χ1n) is 10.5. The van der Waals surface area contributed by atoms with Gasteiger partial charge in [0.05, 0.1) is 5.69 Å². The molecule has 3 heteroatoms. The summed E-state index contributed by atoms with van der Waals surface area (Å²) in [7, 11) is 0. The van der Waals surface area contributed by atoms with Crippen molar-refractivity contribution >= 4 is 29.0 Å². The third-order valence-electron chi connectivity index (χ3n) is 5.57. The van der Waals surface area contributed by atoms with Gasteiger partial charge in [-0.25, -0.2) is 0 Å². The minimum Gasteiger partial charge on any atom is -0.385 e. The van der Waals surface area contributed by atoms with Gasteiger partial charge in [0.2, 0.25) is 0 Å². The van der Waals surface area contributed by atoms with E-state index in [1.165, 1.54) is 48.9 Å². The molecule has 0 saturated heterocycles. The van der Waals surface area contributed by atoms with Crippen LogP contribution in [-0.2, 0) is 0 Å². The maximum atomic E-state index is 4.54. The Morgan fingerprint density at radius 2 is 1.79 bits per heavy atom. The Hall–Kier alpha value is -2.55. The lowest BCUT2D eigenvalue weighted by Crippen LogP contribution is -2.06. The van der Waals surface area contributed by atoms with Gasteiger partial charge in [0.15, 0.2) is 0 Å². The second-order valence-electron chi connectivity index (χ2n) is 7.91. The summed E-state index contributed by atoms with van der Waals surface area (Å²) in [6, 6.07) is 12.8. The van der Waals surface area contributed by atoms with Crippen LogP contribution in [0.5, 0.6) is 0 Å². The second kappa shape index (κ2) is 9.59. The van der Waals surface area contributed by atoms with E-state index < -0.39 is 0 Å². The van der Waals surface area contributed by atoms with Crippen LogP contribution in [0, 0.1) is 19.8 Å².